The molecule has 15 aromatic carbocycles. The quantitative estimate of drug-likeness (QED) is 0.128. The molecule has 0 fully saturated rings. The van der Waals surface area contributed by atoms with Crippen molar-refractivity contribution in [2.24, 2.45) is 0 Å². The molecule has 0 atom stereocenters. The second kappa shape index (κ2) is 25.1. The molecule has 0 bridgehead atoms. The van der Waals surface area contributed by atoms with Gasteiger partial charge in [0.25, 0.3) is 6.71 Å². The summed E-state index contributed by atoms with van der Waals surface area (Å²) in [4.78, 5) is 5.15. The van der Waals surface area contributed by atoms with Gasteiger partial charge in [-0.1, -0.05) is 341 Å². The van der Waals surface area contributed by atoms with Crippen LogP contribution in [0.3, 0.4) is 0 Å². The molecule has 19 rings (SSSR count). The second-order valence-electron chi connectivity index (χ2n) is 31.6. The van der Waals surface area contributed by atoms with E-state index in [4.69, 9.17) is 17.1 Å². The number of anilines is 6. The Balaban J connectivity index is 0.974. The van der Waals surface area contributed by atoms with Crippen molar-refractivity contribution in [2.45, 2.75) is 78.6 Å². The van der Waals surface area contributed by atoms with E-state index in [1.807, 2.05) is 48.5 Å². The minimum Gasteiger partial charge on any atom is -0.455 e. The SMILES string of the molecule is [2H]c1c([2H])c([2H])c(-c2cccc3c2oc2c(-c4ccc5c(c4)B4c6cc(-c7cccc8c7oc7c(-c9c([2H])c([2H])c([2H])c([2H])c9[2H])cccc78)ccc6N(c6c(-c7ccccc7)cc(C(C)(C)C)cc6-c6ccccc6)c6cc(C(C)(C)C)cc(c64)N5c4c(-c5ccccc5)cc(C(C)(C)C)cc4-c4ccccc4)cccc23)c([2H])c1[2H]. The Morgan fingerprint density at radius 1 is 0.262 bits per heavy atom. The molecule has 0 amide bonds. The summed E-state index contributed by atoms with van der Waals surface area (Å²) < 4.78 is 104. The van der Waals surface area contributed by atoms with E-state index in [2.05, 4.69) is 278 Å². The number of furan rings is 2. The van der Waals surface area contributed by atoms with Crippen LogP contribution in [0.4, 0.5) is 34.1 Å². The minimum absolute atomic E-state index is 0.0569. The molecule has 0 radical (unpaired) electrons. The molecular weight excluding hydrogens is 1300 g/mol. The zero-order valence-corrected chi connectivity index (χ0v) is 61.2. The first-order valence-corrected chi connectivity index (χ1v) is 36.8. The maximum absolute atomic E-state index is 9.22. The monoisotopic (exact) mass is 1390 g/mol. The van der Waals surface area contributed by atoms with Crippen molar-refractivity contribution in [2.75, 3.05) is 9.80 Å². The molecule has 0 saturated carbocycles. The standard InChI is InChI=1S/C102H81BN2O2/c1-100(2,3)72-58-83(66-36-20-12-21-37-66)94(84(59-72)67-38-22-13-23-39-67)104-89-54-52-70(77-46-30-50-81-79-48-28-44-75(96(79)106-98(77)81)64-32-16-10-17-33-64)56-87(89)103-88-57-71(78-47-31-51-82-80-49-29-45-76(97(80)107-99(78)82)65-34-18-11-19-35-65)53-55-90(88)105(92-63-74(102(7,8)9)62-91(104)93(92)103)95-85(68-40-24-14-25-41-68)60-73(101(4,5)6)61-86(95)69-42-26-15-27-43-69/h10-63H,1-9H3/i10D,11D,16D,17D,18D,19D,32D,33D,34D,35D. The van der Waals surface area contributed by atoms with Crippen molar-refractivity contribution in [3.05, 3.63) is 344 Å². The predicted molar refractivity (Wildman–Crippen MR) is 455 cm³/mol. The van der Waals surface area contributed by atoms with Gasteiger partial charge in [0, 0.05) is 88.8 Å². The van der Waals surface area contributed by atoms with Crippen LogP contribution in [0.5, 0.6) is 0 Å². The van der Waals surface area contributed by atoms with Crippen LogP contribution in [-0.2, 0) is 16.2 Å². The summed E-state index contributed by atoms with van der Waals surface area (Å²) in [7, 11) is 0. The molecule has 5 heteroatoms. The lowest BCUT2D eigenvalue weighted by atomic mass is 9.33. The Morgan fingerprint density at radius 3 is 0.850 bits per heavy atom. The topological polar surface area (TPSA) is 32.8 Å². The van der Waals surface area contributed by atoms with Crippen LogP contribution in [0, 0.1) is 0 Å². The highest BCUT2D eigenvalue weighted by atomic mass is 16.3. The molecule has 0 N–H and O–H groups in total. The number of hydrogen-bond acceptors (Lipinski definition) is 4. The van der Waals surface area contributed by atoms with Crippen LogP contribution in [0.1, 0.15) is 92.7 Å². The van der Waals surface area contributed by atoms with E-state index >= 15 is 0 Å². The normalized spacial score (nSPS) is 14.2. The van der Waals surface area contributed by atoms with Gasteiger partial charge in [0.1, 0.15) is 22.3 Å². The van der Waals surface area contributed by atoms with Crippen LogP contribution in [0.2, 0.25) is 0 Å². The van der Waals surface area contributed by atoms with Crippen LogP contribution < -0.4 is 26.2 Å². The van der Waals surface area contributed by atoms with Gasteiger partial charge in [0.2, 0.25) is 0 Å². The predicted octanol–water partition coefficient (Wildman–Crippen LogP) is 26.8. The van der Waals surface area contributed by atoms with E-state index < -0.39 is 48.4 Å². The molecule has 17 aromatic rings. The molecule has 0 spiro atoms. The maximum atomic E-state index is 9.22. The summed E-state index contributed by atoms with van der Waals surface area (Å²) in [5.41, 5.74) is 25.8. The molecule has 514 valence electrons. The van der Waals surface area contributed by atoms with Crippen LogP contribution >= 0.6 is 0 Å². The number of fused-ring (bicyclic) bond motifs is 10. The Labute approximate surface area is 641 Å². The van der Waals surface area contributed by atoms with E-state index in [0.29, 0.717) is 33.5 Å². The van der Waals surface area contributed by atoms with Crippen molar-refractivity contribution in [1.29, 1.82) is 0 Å². The summed E-state index contributed by atoms with van der Waals surface area (Å²) in [6, 6.07) is 91.0. The molecule has 107 heavy (non-hydrogen) atoms. The first-order valence-electron chi connectivity index (χ1n) is 41.8. The van der Waals surface area contributed by atoms with Gasteiger partial charge >= 0.3 is 0 Å². The highest BCUT2D eigenvalue weighted by molar-refractivity contribution is 7.00. The number of hydrogen-bond donors (Lipinski definition) is 0. The van der Waals surface area contributed by atoms with Crippen LogP contribution in [0.15, 0.2) is 336 Å². The first-order chi connectivity index (χ1) is 56.1. The van der Waals surface area contributed by atoms with Gasteiger partial charge < -0.3 is 18.6 Å². The zero-order chi connectivity index (χ0) is 81.3. The molecule has 4 nitrogen and oxygen atoms in total. The lowest BCUT2D eigenvalue weighted by Gasteiger charge is -2.47. The van der Waals surface area contributed by atoms with Crippen molar-refractivity contribution in [3.63, 3.8) is 0 Å². The van der Waals surface area contributed by atoms with Crippen LogP contribution in [0.25, 0.3) is 133 Å². The number of nitrogens with zero attached hydrogens (tertiary/aromatic N) is 2. The largest absolute Gasteiger partial charge is 0.455 e. The third-order valence-electron chi connectivity index (χ3n) is 21.9. The lowest BCUT2D eigenvalue weighted by molar-refractivity contribution is 0.590. The van der Waals surface area contributed by atoms with E-state index in [-0.39, 0.29) is 46.1 Å². The van der Waals surface area contributed by atoms with Gasteiger partial charge in [-0.15, -0.1) is 0 Å². The number of rotatable bonds is 10. The molecule has 2 aliphatic rings. The fourth-order valence-electron chi connectivity index (χ4n) is 16.5. The minimum atomic E-state index is -0.541. The summed E-state index contributed by atoms with van der Waals surface area (Å²) in [5, 5.41) is 3.05. The van der Waals surface area contributed by atoms with Gasteiger partial charge in [-0.2, -0.15) is 0 Å². The maximum Gasteiger partial charge on any atom is 0.252 e. The lowest BCUT2D eigenvalue weighted by Crippen LogP contribution is -2.61. The summed E-state index contributed by atoms with van der Waals surface area (Å²) >= 11 is 0. The molecule has 0 aliphatic carbocycles. The van der Waals surface area contributed by atoms with E-state index in [9.17, 15) is 5.48 Å². The highest BCUT2D eigenvalue weighted by Gasteiger charge is 2.47. The highest BCUT2D eigenvalue weighted by Crippen LogP contribution is 2.56. The van der Waals surface area contributed by atoms with E-state index in [1.54, 1.807) is 12.1 Å². The fourth-order valence-corrected chi connectivity index (χ4v) is 16.5. The van der Waals surface area contributed by atoms with Gasteiger partial charge in [0.15, 0.2) is 0 Å². The average Bonchev–Trinajstić information content (AvgIpc) is 1.54. The Bertz CT molecular complexity index is 6430. The Morgan fingerprint density at radius 2 is 0.551 bits per heavy atom. The second-order valence-corrected chi connectivity index (χ2v) is 31.6. The third-order valence-corrected chi connectivity index (χ3v) is 21.9. The smallest absolute Gasteiger partial charge is 0.252 e. The fraction of sp³-hybridized carbons (Fsp3) is 0.118. The number of benzene rings is 15. The molecular formula is C102H81BN2O2. The number of para-hydroxylation sites is 4. The molecule has 2 aromatic heterocycles. The Kier molecular flexibility index (Phi) is 12.9. The van der Waals surface area contributed by atoms with Crippen LogP contribution in [-0.4, -0.2) is 6.71 Å². The molecule has 0 unspecified atom stereocenters. The van der Waals surface area contributed by atoms with Gasteiger partial charge in [-0.25, -0.2) is 0 Å². The Hall–Kier alpha value is -12.4. The molecule has 0 saturated heterocycles. The average molecular weight is 1390 g/mol. The van der Waals surface area contributed by atoms with Gasteiger partial charge in [-0.05, 0) is 142 Å². The van der Waals surface area contributed by atoms with Crippen molar-refractivity contribution < 1.29 is 22.5 Å². The first kappa shape index (κ1) is 55.1. The summed E-state index contributed by atoms with van der Waals surface area (Å²) in [6.07, 6.45) is 0. The van der Waals surface area contributed by atoms with Gasteiger partial charge in [-0.3, -0.25) is 0 Å². The molecule has 4 heterocycles. The van der Waals surface area contributed by atoms with E-state index in [1.165, 1.54) is 11.1 Å². The third kappa shape index (κ3) is 11.0. The van der Waals surface area contributed by atoms with E-state index in [0.717, 1.165) is 144 Å². The van der Waals surface area contributed by atoms with Crippen molar-refractivity contribution in [3.8, 4) is 89.0 Å². The van der Waals surface area contributed by atoms with Crippen molar-refractivity contribution >= 4 is 101 Å². The van der Waals surface area contributed by atoms with Crippen molar-refractivity contribution in [1.82, 2.24) is 0 Å². The summed E-state index contributed by atoms with van der Waals surface area (Å²) in [6.45, 7) is 20.1. The van der Waals surface area contributed by atoms with Gasteiger partial charge in [0.05, 0.1) is 25.1 Å². The summed E-state index contributed by atoms with van der Waals surface area (Å²) in [5.74, 6) is 0. The molecule has 2 aliphatic heterocycles. The zero-order valence-electron chi connectivity index (χ0n) is 71.2.